The van der Waals surface area contributed by atoms with Crippen LogP contribution in [0.5, 0.6) is 5.75 Å². The number of benzene rings is 1. The summed E-state index contributed by atoms with van der Waals surface area (Å²) < 4.78 is 14.1. The molecule has 1 saturated carbocycles. The van der Waals surface area contributed by atoms with Crippen LogP contribution in [0.2, 0.25) is 0 Å². The smallest absolute Gasteiger partial charge is 0.170 e. The summed E-state index contributed by atoms with van der Waals surface area (Å²) in [6, 6.07) is 2.93. The van der Waals surface area contributed by atoms with Crippen LogP contribution in [0, 0.1) is 5.82 Å². The third kappa shape index (κ3) is 1.34. The van der Waals surface area contributed by atoms with E-state index < -0.39 is 11.4 Å². The maximum atomic E-state index is 13.4. The first-order valence-electron chi connectivity index (χ1n) is 4.01. The van der Waals surface area contributed by atoms with Gasteiger partial charge in [0.15, 0.2) is 11.6 Å². The van der Waals surface area contributed by atoms with Gasteiger partial charge >= 0.3 is 0 Å². The van der Waals surface area contributed by atoms with Gasteiger partial charge in [0.25, 0.3) is 0 Å². The van der Waals surface area contributed by atoms with E-state index in [-0.39, 0.29) is 5.75 Å². The molecule has 2 nitrogen and oxygen atoms in total. The van der Waals surface area contributed by atoms with Crippen molar-refractivity contribution in [3.63, 3.8) is 0 Å². The van der Waals surface area contributed by atoms with E-state index in [9.17, 15) is 4.39 Å². The number of aromatic hydroxyl groups is 1. The number of phenols is 1. The highest BCUT2D eigenvalue weighted by Gasteiger charge is 2.44. The Labute approximate surface area is 83.7 Å². The Bertz CT molecular complexity index is 363. The van der Waals surface area contributed by atoms with Gasteiger partial charge in [0, 0.05) is 15.6 Å². The minimum Gasteiger partial charge on any atom is -0.505 e. The van der Waals surface area contributed by atoms with Crippen LogP contribution in [0.25, 0.3) is 0 Å². The number of halogens is 2. The molecule has 1 aliphatic rings. The van der Waals surface area contributed by atoms with Crippen LogP contribution in [-0.4, -0.2) is 5.11 Å². The quantitative estimate of drug-likeness (QED) is 0.798. The second kappa shape index (κ2) is 2.69. The fourth-order valence-corrected chi connectivity index (χ4v) is 2.08. The lowest BCUT2D eigenvalue weighted by Crippen LogP contribution is -2.21. The Morgan fingerprint density at radius 2 is 2.08 bits per heavy atom. The summed E-state index contributed by atoms with van der Waals surface area (Å²) >= 11 is 3.23. The van der Waals surface area contributed by atoms with Gasteiger partial charge in [-0.3, -0.25) is 0 Å². The highest BCUT2D eigenvalue weighted by Crippen LogP contribution is 2.47. The number of hydrogen-bond donors (Lipinski definition) is 2. The van der Waals surface area contributed by atoms with E-state index in [4.69, 9.17) is 10.8 Å². The number of rotatable bonds is 1. The first-order valence-corrected chi connectivity index (χ1v) is 4.80. The van der Waals surface area contributed by atoms with Crippen molar-refractivity contribution in [2.45, 2.75) is 18.4 Å². The molecule has 0 bridgehead atoms. The molecule has 0 radical (unpaired) electrons. The molecule has 2 rings (SSSR count). The van der Waals surface area contributed by atoms with Crippen LogP contribution >= 0.6 is 15.9 Å². The van der Waals surface area contributed by atoms with Crippen LogP contribution in [0.1, 0.15) is 18.4 Å². The predicted octanol–water partition coefficient (Wildman–Crippen LogP) is 2.24. The minimum atomic E-state index is -0.602. The topological polar surface area (TPSA) is 46.2 Å². The second-order valence-corrected chi connectivity index (χ2v) is 4.27. The molecule has 0 amide bonds. The summed E-state index contributed by atoms with van der Waals surface area (Å²) in [6.07, 6.45) is 1.54. The maximum absolute atomic E-state index is 13.4. The molecule has 0 atom stereocenters. The zero-order valence-corrected chi connectivity index (χ0v) is 8.44. The van der Waals surface area contributed by atoms with Crippen molar-refractivity contribution in [3.8, 4) is 5.75 Å². The van der Waals surface area contributed by atoms with Gasteiger partial charge in [-0.1, -0.05) is 15.9 Å². The number of nitrogens with two attached hydrogens (primary N) is 1. The zero-order chi connectivity index (χ0) is 9.64. The average Bonchev–Trinajstić information content (AvgIpc) is 2.78. The fourth-order valence-electron chi connectivity index (χ4n) is 1.38. The summed E-state index contributed by atoms with van der Waals surface area (Å²) in [4.78, 5) is 0. The summed E-state index contributed by atoms with van der Waals surface area (Å²) in [7, 11) is 0. The van der Waals surface area contributed by atoms with Gasteiger partial charge in [-0.05, 0) is 25.0 Å². The first-order chi connectivity index (χ1) is 6.04. The van der Waals surface area contributed by atoms with Gasteiger partial charge in [0.1, 0.15) is 0 Å². The van der Waals surface area contributed by atoms with E-state index >= 15 is 0 Å². The summed E-state index contributed by atoms with van der Waals surface area (Å²) in [5.41, 5.74) is 5.69. The molecule has 4 heteroatoms. The van der Waals surface area contributed by atoms with Crippen LogP contribution in [0.3, 0.4) is 0 Å². The molecule has 1 aromatic rings. The Kier molecular flexibility index (Phi) is 1.85. The molecular formula is C9H9BrFNO. The Balaban J connectivity index is 2.61. The normalized spacial score (nSPS) is 18.7. The van der Waals surface area contributed by atoms with E-state index in [0.29, 0.717) is 10.0 Å². The zero-order valence-electron chi connectivity index (χ0n) is 6.85. The lowest BCUT2D eigenvalue weighted by Gasteiger charge is -2.13. The minimum absolute atomic E-state index is 0.338. The molecule has 13 heavy (non-hydrogen) atoms. The highest BCUT2D eigenvalue weighted by atomic mass is 79.9. The Morgan fingerprint density at radius 3 is 2.62 bits per heavy atom. The van der Waals surface area contributed by atoms with Crippen molar-refractivity contribution in [2.75, 3.05) is 0 Å². The summed E-state index contributed by atoms with van der Waals surface area (Å²) in [6.45, 7) is 0. The largest absolute Gasteiger partial charge is 0.505 e. The third-order valence-electron chi connectivity index (χ3n) is 2.36. The molecule has 0 spiro atoms. The second-order valence-electron chi connectivity index (χ2n) is 3.41. The SMILES string of the molecule is NC1(c2c(Br)ccc(O)c2F)CC1. The predicted molar refractivity (Wildman–Crippen MR) is 50.9 cm³/mol. The molecule has 1 aliphatic carbocycles. The molecule has 1 aromatic carbocycles. The third-order valence-corrected chi connectivity index (χ3v) is 3.02. The monoisotopic (exact) mass is 245 g/mol. The van der Waals surface area contributed by atoms with Crippen LogP contribution < -0.4 is 5.73 Å². The number of hydrogen-bond acceptors (Lipinski definition) is 2. The van der Waals surface area contributed by atoms with Gasteiger partial charge in [0.2, 0.25) is 0 Å². The molecule has 0 unspecified atom stereocenters. The first kappa shape index (κ1) is 8.97. The summed E-state index contributed by atoms with van der Waals surface area (Å²) in [5.74, 6) is -0.940. The molecule has 0 aromatic heterocycles. The van der Waals surface area contributed by atoms with E-state index in [1.807, 2.05) is 0 Å². The van der Waals surface area contributed by atoms with E-state index in [2.05, 4.69) is 15.9 Å². The standard InChI is InChI=1S/C9H9BrFNO/c10-5-1-2-6(13)8(11)7(5)9(12)3-4-9/h1-2,13H,3-4,12H2. The van der Waals surface area contributed by atoms with Gasteiger partial charge in [-0.15, -0.1) is 0 Å². The maximum Gasteiger partial charge on any atom is 0.170 e. The molecule has 3 N–H and O–H groups in total. The molecule has 1 fully saturated rings. The van der Waals surface area contributed by atoms with Crippen molar-refractivity contribution >= 4 is 15.9 Å². The van der Waals surface area contributed by atoms with Crippen molar-refractivity contribution in [3.05, 3.63) is 28.0 Å². The summed E-state index contributed by atoms with van der Waals surface area (Å²) in [5, 5.41) is 9.16. The highest BCUT2D eigenvalue weighted by molar-refractivity contribution is 9.10. The molecular weight excluding hydrogens is 237 g/mol. The molecule has 70 valence electrons. The average molecular weight is 246 g/mol. The fraction of sp³-hybridized carbons (Fsp3) is 0.333. The van der Waals surface area contributed by atoms with Crippen LogP contribution in [-0.2, 0) is 5.54 Å². The van der Waals surface area contributed by atoms with Crippen molar-refractivity contribution in [2.24, 2.45) is 5.73 Å². The molecule has 0 heterocycles. The Morgan fingerprint density at radius 1 is 1.46 bits per heavy atom. The molecule has 0 aliphatic heterocycles. The van der Waals surface area contributed by atoms with Gasteiger partial charge in [0.05, 0.1) is 0 Å². The Hall–Kier alpha value is -0.610. The number of phenolic OH excluding ortho intramolecular Hbond substituents is 1. The van der Waals surface area contributed by atoms with Gasteiger partial charge in [-0.25, -0.2) is 4.39 Å². The van der Waals surface area contributed by atoms with Crippen LogP contribution in [0.15, 0.2) is 16.6 Å². The van der Waals surface area contributed by atoms with E-state index in [1.165, 1.54) is 6.07 Å². The lowest BCUT2D eigenvalue weighted by atomic mass is 10.0. The van der Waals surface area contributed by atoms with E-state index in [0.717, 1.165) is 12.8 Å². The van der Waals surface area contributed by atoms with Crippen LogP contribution in [0.4, 0.5) is 4.39 Å². The van der Waals surface area contributed by atoms with Crippen molar-refractivity contribution in [1.82, 2.24) is 0 Å². The lowest BCUT2D eigenvalue weighted by molar-refractivity contribution is 0.423. The molecule has 0 saturated heterocycles. The van der Waals surface area contributed by atoms with Crippen molar-refractivity contribution in [1.29, 1.82) is 0 Å². The van der Waals surface area contributed by atoms with Gasteiger partial charge in [-0.2, -0.15) is 0 Å². The van der Waals surface area contributed by atoms with E-state index in [1.54, 1.807) is 6.07 Å². The van der Waals surface area contributed by atoms with Crippen molar-refractivity contribution < 1.29 is 9.50 Å². The van der Waals surface area contributed by atoms with Gasteiger partial charge < -0.3 is 10.8 Å².